The van der Waals surface area contributed by atoms with Crippen molar-refractivity contribution in [3.05, 3.63) is 29.3 Å². The van der Waals surface area contributed by atoms with E-state index in [-0.39, 0.29) is 12.0 Å². The number of nitrogens with two attached hydrogens (primary N) is 1. The van der Waals surface area contributed by atoms with Crippen LogP contribution in [0.5, 0.6) is 5.75 Å². The molecule has 3 aliphatic rings. The molecule has 1 amide bonds. The predicted molar refractivity (Wildman–Crippen MR) is 146 cm³/mol. The molecular formula is C30H36N2O11. The third-order valence-electron chi connectivity index (χ3n) is 8.55. The first-order valence-electron chi connectivity index (χ1n) is 13.9. The third kappa shape index (κ3) is 5.14. The highest BCUT2D eigenvalue weighted by molar-refractivity contribution is 6.32. The Bertz CT molecular complexity index is 1430. The molecule has 13 heteroatoms. The molecule has 0 spiro atoms. The highest BCUT2D eigenvalue weighted by Gasteiger charge is 2.74. The highest BCUT2D eigenvalue weighted by atomic mass is 16.6. The molecule has 43 heavy (non-hydrogen) atoms. The Hall–Kier alpha value is -3.97. The molecule has 13 nitrogen and oxygen atoms in total. The van der Waals surface area contributed by atoms with Gasteiger partial charge in [0, 0.05) is 5.92 Å². The van der Waals surface area contributed by atoms with Crippen LogP contribution in [0, 0.1) is 23.7 Å². The van der Waals surface area contributed by atoms with Crippen LogP contribution in [0.1, 0.15) is 62.4 Å². The second-order valence-corrected chi connectivity index (χ2v) is 12.7. The Kier molecular flexibility index (Phi) is 8.13. The van der Waals surface area contributed by atoms with E-state index >= 15 is 0 Å². The van der Waals surface area contributed by atoms with E-state index in [0.29, 0.717) is 5.56 Å². The summed E-state index contributed by atoms with van der Waals surface area (Å²) in [4.78, 5) is 94.4. The molecule has 8 atom stereocenters. The number of amides is 1. The number of aliphatic hydroxyl groups is 1. The summed E-state index contributed by atoms with van der Waals surface area (Å²) in [6, 6.07) is 2.79. The fraction of sp³-hybridized carbons (Fsp3) is 0.567. The number of carbonyl (C=O) groups is 7. The molecule has 232 valence electrons. The monoisotopic (exact) mass is 600 g/mol. The van der Waals surface area contributed by atoms with E-state index in [1.54, 1.807) is 33.8 Å². The van der Waals surface area contributed by atoms with E-state index in [9.17, 15) is 43.8 Å². The molecule has 0 bridgehead atoms. The number of phenolic OH excluding ortho intramolecular Hbond substituents is 1. The van der Waals surface area contributed by atoms with Gasteiger partial charge in [-0.1, -0.05) is 19.1 Å². The number of phenols is 1. The molecule has 2 fully saturated rings. The Morgan fingerprint density at radius 1 is 1.02 bits per heavy atom. The van der Waals surface area contributed by atoms with Crippen molar-refractivity contribution in [1.82, 2.24) is 4.90 Å². The lowest BCUT2D eigenvalue weighted by atomic mass is 9.49. The molecule has 2 saturated carbocycles. The minimum Gasteiger partial charge on any atom is -0.507 e. The zero-order valence-electron chi connectivity index (χ0n) is 24.8. The van der Waals surface area contributed by atoms with Crippen LogP contribution in [-0.2, 0) is 38.2 Å². The third-order valence-corrected chi connectivity index (χ3v) is 8.55. The zero-order chi connectivity index (χ0) is 32.3. The minimum absolute atomic E-state index is 0.184. The largest absolute Gasteiger partial charge is 0.507 e. The number of carbonyl (C=O) groups excluding carboxylic acids is 7. The lowest BCUT2D eigenvalue weighted by Gasteiger charge is -2.56. The number of primary amides is 1. The summed E-state index contributed by atoms with van der Waals surface area (Å²) in [5, 5.41) is 22.6. The van der Waals surface area contributed by atoms with E-state index < -0.39 is 106 Å². The van der Waals surface area contributed by atoms with Crippen molar-refractivity contribution in [2.45, 2.75) is 69.8 Å². The summed E-state index contributed by atoms with van der Waals surface area (Å²) < 4.78 is 11.1. The maximum Gasteiger partial charge on any atom is 0.306 e. The quantitative estimate of drug-likeness (QED) is 0.293. The molecule has 4 rings (SSSR count). The van der Waals surface area contributed by atoms with Crippen LogP contribution in [0.25, 0.3) is 0 Å². The maximum atomic E-state index is 14.2. The van der Waals surface area contributed by atoms with Crippen LogP contribution in [-0.4, -0.2) is 93.5 Å². The van der Waals surface area contributed by atoms with Crippen LogP contribution >= 0.6 is 0 Å². The fourth-order valence-corrected chi connectivity index (χ4v) is 6.87. The van der Waals surface area contributed by atoms with Gasteiger partial charge in [-0.15, -0.1) is 0 Å². The molecule has 3 aliphatic carbocycles. The minimum atomic E-state index is -3.13. The summed E-state index contributed by atoms with van der Waals surface area (Å²) in [6.45, 7) is 6.58. The lowest BCUT2D eigenvalue weighted by Crippen LogP contribution is -2.78. The van der Waals surface area contributed by atoms with Gasteiger partial charge in [0.15, 0.2) is 34.7 Å². The predicted octanol–water partition coefficient (Wildman–Crippen LogP) is 0.0716. The standard InChI is InChI=1S/C30H36N2O11/c1-12-13-8-7-9-14(33)18(13)23(36)19-17(12)25(42-15(34)10-11-16(35)43-29(2,3)4)21-22(32(5)6)24(37)20(28(31)40)27(39)30(21,41)26(19)38/h7-9,12,17,19-22,25,33,41H,10-11H2,1-6H3,(H2,31,40)/t12-,17+,19?,20?,21+,22-,25-,30-/m0/s1. The van der Waals surface area contributed by atoms with E-state index in [0.717, 1.165) is 0 Å². The van der Waals surface area contributed by atoms with Gasteiger partial charge in [-0.3, -0.25) is 38.5 Å². The molecule has 0 aromatic heterocycles. The van der Waals surface area contributed by atoms with Crippen LogP contribution in [0.4, 0.5) is 0 Å². The number of rotatable bonds is 6. The fourth-order valence-electron chi connectivity index (χ4n) is 6.87. The first-order chi connectivity index (χ1) is 19.8. The van der Waals surface area contributed by atoms with Crippen molar-refractivity contribution in [3.8, 4) is 5.75 Å². The molecule has 2 unspecified atom stereocenters. The molecule has 1 aromatic carbocycles. The van der Waals surface area contributed by atoms with Gasteiger partial charge in [0.2, 0.25) is 5.91 Å². The molecular weight excluding hydrogens is 564 g/mol. The first-order valence-corrected chi connectivity index (χ1v) is 13.9. The normalized spacial score (nSPS) is 32.0. The summed E-state index contributed by atoms with van der Waals surface area (Å²) in [5.41, 5.74) is 1.59. The second-order valence-electron chi connectivity index (χ2n) is 12.7. The van der Waals surface area contributed by atoms with Crippen molar-refractivity contribution in [2.75, 3.05) is 14.1 Å². The lowest BCUT2D eigenvalue weighted by molar-refractivity contribution is -0.205. The van der Waals surface area contributed by atoms with Crippen molar-refractivity contribution < 1.29 is 53.2 Å². The number of hydrogen-bond acceptors (Lipinski definition) is 12. The average molecular weight is 601 g/mol. The van der Waals surface area contributed by atoms with Crippen LogP contribution in [0.2, 0.25) is 0 Å². The van der Waals surface area contributed by atoms with Crippen molar-refractivity contribution in [2.24, 2.45) is 29.4 Å². The molecule has 0 radical (unpaired) electrons. The Morgan fingerprint density at radius 2 is 1.63 bits per heavy atom. The van der Waals surface area contributed by atoms with Gasteiger partial charge in [-0.05, 0) is 52.4 Å². The van der Waals surface area contributed by atoms with Crippen LogP contribution in [0.15, 0.2) is 18.2 Å². The number of nitrogens with zero attached hydrogens (tertiary/aromatic N) is 1. The number of fused-ring (bicyclic) bond motifs is 3. The van der Waals surface area contributed by atoms with Crippen LogP contribution < -0.4 is 5.73 Å². The summed E-state index contributed by atoms with van der Waals surface area (Å²) in [7, 11) is 2.83. The van der Waals surface area contributed by atoms with Crippen molar-refractivity contribution >= 4 is 41.0 Å². The van der Waals surface area contributed by atoms with E-state index in [2.05, 4.69) is 0 Å². The topological polar surface area (TPSA) is 208 Å². The van der Waals surface area contributed by atoms with Gasteiger partial charge in [0.25, 0.3) is 0 Å². The number of benzene rings is 1. The Labute approximate surface area is 247 Å². The van der Waals surface area contributed by atoms with Gasteiger partial charge in [-0.25, -0.2) is 0 Å². The number of aromatic hydroxyl groups is 1. The molecule has 0 aliphatic heterocycles. The number of hydrogen-bond donors (Lipinski definition) is 3. The number of esters is 2. The van der Waals surface area contributed by atoms with Crippen LogP contribution in [0.3, 0.4) is 0 Å². The van der Waals surface area contributed by atoms with E-state index in [1.807, 2.05) is 0 Å². The Morgan fingerprint density at radius 3 is 2.19 bits per heavy atom. The molecule has 1 aromatic rings. The zero-order valence-corrected chi connectivity index (χ0v) is 24.8. The van der Waals surface area contributed by atoms with Gasteiger partial charge in [0.05, 0.1) is 36.3 Å². The highest BCUT2D eigenvalue weighted by Crippen LogP contribution is 2.55. The smallest absolute Gasteiger partial charge is 0.306 e. The van der Waals surface area contributed by atoms with Gasteiger partial charge in [0.1, 0.15) is 17.5 Å². The van der Waals surface area contributed by atoms with E-state index in [4.69, 9.17) is 15.2 Å². The molecule has 4 N–H and O–H groups in total. The number of ether oxygens (including phenoxy) is 2. The number of ketones is 4. The number of likely N-dealkylation sites (N-methyl/N-ethyl adjacent to an activating group) is 1. The number of Topliss-reactive ketones (excluding diaryl/α,β-unsaturated/α-hetero) is 4. The Balaban J connectivity index is 1.87. The van der Waals surface area contributed by atoms with Crippen molar-refractivity contribution in [1.29, 1.82) is 0 Å². The van der Waals surface area contributed by atoms with E-state index in [1.165, 1.54) is 31.1 Å². The average Bonchev–Trinajstić information content (AvgIpc) is 2.87. The SMILES string of the molecule is C[C@H]1c2cccc(O)c2C(=O)C2C(=O)[C@]3(O)C(=O)C(C(N)=O)C(=O)[C@@H](N(C)C)[C@@H]3[C@@H](OC(=O)CCC(=O)OC(C)(C)C)[C@@H]21. The summed E-state index contributed by atoms with van der Waals surface area (Å²) >= 11 is 0. The van der Waals surface area contributed by atoms with Crippen molar-refractivity contribution in [3.63, 3.8) is 0 Å². The van der Waals surface area contributed by atoms with Gasteiger partial charge in [-0.2, -0.15) is 0 Å². The van der Waals surface area contributed by atoms with Gasteiger partial charge < -0.3 is 25.4 Å². The second kappa shape index (κ2) is 10.9. The first kappa shape index (κ1) is 32.0. The molecule has 0 saturated heterocycles. The maximum absolute atomic E-state index is 14.2. The summed E-state index contributed by atoms with van der Waals surface area (Å²) in [6.07, 6.45) is -2.46. The van der Waals surface area contributed by atoms with Gasteiger partial charge >= 0.3 is 11.9 Å². The summed E-state index contributed by atoms with van der Waals surface area (Å²) in [5.74, 6) is -15.8. The molecule has 0 heterocycles.